The smallest absolute Gasteiger partial charge is 0.338 e. The van der Waals surface area contributed by atoms with Crippen LogP contribution < -0.4 is 5.32 Å². The number of benzene rings is 1. The molecule has 0 amide bonds. The van der Waals surface area contributed by atoms with Crippen molar-refractivity contribution in [1.82, 2.24) is 0 Å². The van der Waals surface area contributed by atoms with E-state index >= 15 is 0 Å². The average Bonchev–Trinajstić information content (AvgIpc) is 2.68. The molecule has 5 aliphatic carbocycles. The van der Waals surface area contributed by atoms with Gasteiger partial charge in [0.25, 0.3) is 0 Å². The number of nitrogens with one attached hydrogen (secondary N) is 1. The van der Waals surface area contributed by atoms with Gasteiger partial charge in [-0.25, -0.2) is 4.79 Å². The van der Waals surface area contributed by atoms with Crippen LogP contribution in [-0.2, 0) is 11.2 Å². The standard InChI is InChI=1S/C29H43NO2/c1-19-10-23(18-29-15-20-11-21(16-29)13-22(12-20)17-29)26(30-24-8-6-5-7-9-24)14-25(19)27(31)32-28(2,3)4/h10,14,20-22,24,30H,5-9,11-13,15-18H2,1-4H3. The molecule has 1 aromatic rings. The van der Waals surface area contributed by atoms with Crippen LogP contribution in [0.3, 0.4) is 0 Å². The Morgan fingerprint density at radius 1 is 1.00 bits per heavy atom. The molecule has 0 atom stereocenters. The maximum Gasteiger partial charge on any atom is 0.338 e. The normalized spacial score (nSPS) is 32.2. The minimum Gasteiger partial charge on any atom is -0.456 e. The number of hydrogen-bond donors (Lipinski definition) is 1. The van der Waals surface area contributed by atoms with Gasteiger partial charge in [-0.15, -0.1) is 0 Å². The molecule has 0 aliphatic heterocycles. The minimum atomic E-state index is -0.474. The molecule has 3 nitrogen and oxygen atoms in total. The molecule has 5 aliphatic rings. The molecule has 0 radical (unpaired) electrons. The zero-order valence-corrected chi connectivity index (χ0v) is 20.8. The van der Waals surface area contributed by atoms with E-state index in [-0.39, 0.29) is 5.97 Å². The highest BCUT2D eigenvalue weighted by Gasteiger charge is 2.50. The van der Waals surface area contributed by atoms with Gasteiger partial charge in [0.2, 0.25) is 0 Å². The molecule has 1 N–H and O–H groups in total. The lowest BCUT2D eigenvalue weighted by Gasteiger charge is -2.57. The summed E-state index contributed by atoms with van der Waals surface area (Å²) in [4.78, 5) is 13.0. The molecule has 3 heteroatoms. The third-order valence-corrected chi connectivity index (χ3v) is 8.76. The highest BCUT2D eigenvalue weighted by atomic mass is 16.6. The lowest BCUT2D eigenvalue weighted by atomic mass is 9.48. The van der Waals surface area contributed by atoms with Crippen LogP contribution in [0.5, 0.6) is 0 Å². The van der Waals surface area contributed by atoms with Crippen LogP contribution >= 0.6 is 0 Å². The van der Waals surface area contributed by atoms with Gasteiger partial charge in [-0.1, -0.05) is 25.3 Å². The fourth-order valence-electron chi connectivity index (χ4n) is 7.98. The molecule has 6 rings (SSSR count). The monoisotopic (exact) mass is 437 g/mol. The van der Waals surface area contributed by atoms with Crippen molar-refractivity contribution in [2.45, 2.75) is 116 Å². The SMILES string of the molecule is Cc1cc(CC23CC4CC(CC(C4)C2)C3)c(NC2CCCCC2)cc1C(=O)OC(C)(C)C. The maximum absolute atomic E-state index is 13.0. The zero-order chi connectivity index (χ0) is 22.5. The van der Waals surface area contributed by atoms with Crippen LogP contribution in [0.4, 0.5) is 5.69 Å². The number of aryl methyl sites for hydroxylation is 1. The van der Waals surface area contributed by atoms with Gasteiger partial charge in [-0.2, -0.15) is 0 Å². The molecule has 0 heterocycles. The van der Waals surface area contributed by atoms with E-state index in [0.29, 0.717) is 11.5 Å². The van der Waals surface area contributed by atoms with Gasteiger partial charge >= 0.3 is 5.97 Å². The number of ether oxygens (including phenoxy) is 1. The molecule has 5 fully saturated rings. The quantitative estimate of drug-likeness (QED) is 0.486. The second kappa shape index (κ2) is 8.37. The Hall–Kier alpha value is -1.51. The first-order valence-corrected chi connectivity index (χ1v) is 13.3. The summed E-state index contributed by atoms with van der Waals surface area (Å²) >= 11 is 0. The second-order valence-electron chi connectivity index (χ2n) is 12.9. The van der Waals surface area contributed by atoms with Crippen molar-refractivity contribution in [2.75, 3.05) is 5.32 Å². The lowest BCUT2D eigenvalue weighted by Crippen LogP contribution is -2.47. The molecule has 1 aromatic carbocycles. The Kier molecular flexibility index (Phi) is 5.83. The van der Waals surface area contributed by atoms with Crippen LogP contribution in [0.2, 0.25) is 0 Å². The first kappa shape index (κ1) is 22.3. The fourth-order valence-corrected chi connectivity index (χ4v) is 7.98. The minimum absolute atomic E-state index is 0.192. The summed E-state index contributed by atoms with van der Waals surface area (Å²) in [5.74, 6) is 2.72. The van der Waals surface area contributed by atoms with E-state index in [1.807, 2.05) is 20.8 Å². The van der Waals surface area contributed by atoms with Gasteiger partial charge in [0, 0.05) is 11.7 Å². The van der Waals surface area contributed by atoms with Crippen LogP contribution in [0, 0.1) is 30.1 Å². The molecule has 0 spiro atoms. The van der Waals surface area contributed by atoms with Crippen molar-refractivity contribution < 1.29 is 9.53 Å². The Bertz CT molecular complexity index is 823. The number of anilines is 1. The fraction of sp³-hybridized carbons (Fsp3) is 0.759. The molecule has 0 unspecified atom stereocenters. The molecule has 4 bridgehead atoms. The van der Waals surface area contributed by atoms with Gasteiger partial charge in [0.15, 0.2) is 0 Å². The molecule has 0 saturated heterocycles. The van der Waals surface area contributed by atoms with Crippen molar-refractivity contribution in [3.63, 3.8) is 0 Å². The van der Waals surface area contributed by atoms with Crippen LogP contribution in [0.15, 0.2) is 12.1 Å². The zero-order valence-electron chi connectivity index (χ0n) is 20.8. The van der Waals surface area contributed by atoms with Gasteiger partial charge < -0.3 is 10.1 Å². The van der Waals surface area contributed by atoms with E-state index in [1.165, 1.54) is 88.3 Å². The molecule has 5 saturated carbocycles. The summed E-state index contributed by atoms with van der Waals surface area (Å²) < 4.78 is 5.76. The van der Waals surface area contributed by atoms with Gasteiger partial charge in [-0.05, 0) is 126 Å². The third kappa shape index (κ3) is 4.73. The number of esters is 1. The van der Waals surface area contributed by atoms with Crippen molar-refractivity contribution in [2.24, 2.45) is 23.2 Å². The summed E-state index contributed by atoms with van der Waals surface area (Å²) in [6, 6.07) is 4.99. The molecular formula is C29H43NO2. The van der Waals surface area contributed by atoms with E-state index < -0.39 is 5.60 Å². The first-order chi connectivity index (χ1) is 15.2. The van der Waals surface area contributed by atoms with Crippen LogP contribution in [0.25, 0.3) is 0 Å². The van der Waals surface area contributed by atoms with Gasteiger partial charge in [-0.3, -0.25) is 0 Å². The summed E-state index contributed by atoms with van der Waals surface area (Å²) in [5, 5.41) is 3.91. The number of rotatable bonds is 5. The predicted octanol–water partition coefficient (Wildman–Crippen LogP) is 7.45. The Labute approximate surface area is 195 Å². The largest absolute Gasteiger partial charge is 0.456 e. The number of hydrogen-bond acceptors (Lipinski definition) is 3. The van der Waals surface area contributed by atoms with E-state index in [9.17, 15) is 4.79 Å². The topological polar surface area (TPSA) is 38.3 Å². The molecule has 32 heavy (non-hydrogen) atoms. The number of carbonyl (C=O) groups excluding carboxylic acids is 1. The Morgan fingerprint density at radius 2 is 1.59 bits per heavy atom. The van der Waals surface area contributed by atoms with Crippen molar-refractivity contribution >= 4 is 11.7 Å². The molecule has 176 valence electrons. The van der Waals surface area contributed by atoms with E-state index in [0.717, 1.165) is 28.9 Å². The highest BCUT2D eigenvalue weighted by Crippen LogP contribution is 2.61. The Balaban J connectivity index is 1.45. The lowest BCUT2D eigenvalue weighted by molar-refractivity contribution is -0.0521. The van der Waals surface area contributed by atoms with Gasteiger partial charge in [0.1, 0.15) is 5.60 Å². The maximum atomic E-state index is 13.0. The highest BCUT2D eigenvalue weighted by molar-refractivity contribution is 5.93. The summed E-state index contributed by atoms with van der Waals surface area (Å²) in [6.45, 7) is 7.93. The van der Waals surface area contributed by atoms with Crippen molar-refractivity contribution in [3.05, 3.63) is 28.8 Å². The molecular weight excluding hydrogens is 394 g/mol. The average molecular weight is 438 g/mol. The van der Waals surface area contributed by atoms with Crippen molar-refractivity contribution in [1.29, 1.82) is 0 Å². The molecule has 0 aromatic heterocycles. The Morgan fingerprint density at radius 3 is 2.16 bits per heavy atom. The van der Waals surface area contributed by atoms with E-state index in [1.54, 1.807) is 0 Å². The van der Waals surface area contributed by atoms with Gasteiger partial charge in [0.05, 0.1) is 5.56 Å². The predicted molar refractivity (Wildman–Crippen MR) is 131 cm³/mol. The number of carbonyl (C=O) groups is 1. The van der Waals surface area contributed by atoms with E-state index in [2.05, 4.69) is 24.4 Å². The van der Waals surface area contributed by atoms with Crippen molar-refractivity contribution in [3.8, 4) is 0 Å². The summed E-state index contributed by atoms with van der Waals surface area (Å²) in [6.07, 6.45) is 16.4. The summed E-state index contributed by atoms with van der Waals surface area (Å²) in [5.41, 5.74) is 4.47. The third-order valence-electron chi connectivity index (χ3n) is 8.76. The summed E-state index contributed by atoms with van der Waals surface area (Å²) in [7, 11) is 0. The van der Waals surface area contributed by atoms with E-state index in [4.69, 9.17) is 4.74 Å². The van der Waals surface area contributed by atoms with Crippen LogP contribution in [0.1, 0.15) is 113 Å². The van der Waals surface area contributed by atoms with Crippen LogP contribution in [-0.4, -0.2) is 17.6 Å². The first-order valence-electron chi connectivity index (χ1n) is 13.3. The second-order valence-corrected chi connectivity index (χ2v) is 12.9.